The minimum absolute atomic E-state index is 0.0192. The lowest BCUT2D eigenvalue weighted by molar-refractivity contribution is -0.388. The molecule has 1 amide bonds. The van der Waals surface area contributed by atoms with Gasteiger partial charge >= 0.3 is 6.18 Å². The van der Waals surface area contributed by atoms with E-state index in [1.807, 2.05) is 23.1 Å². The fraction of sp³-hybridized carbons (Fsp3) is 0.480. The molecule has 11 heteroatoms. The zero-order valence-electron chi connectivity index (χ0n) is 19.7. The molecule has 4 rings (SSSR count). The number of carbonyl (C=O) groups excluding carboxylic acids is 1. The zero-order chi connectivity index (χ0) is 25.7. The van der Waals surface area contributed by atoms with Crippen molar-refractivity contribution in [2.45, 2.75) is 44.0 Å². The van der Waals surface area contributed by atoms with Crippen LogP contribution in [0.15, 0.2) is 48.5 Å². The number of ether oxygens (including phenoxy) is 1. The van der Waals surface area contributed by atoms with Crippen molar-refractivity contribution in [3.8, 4) is 0 Å². The third-order valence-corrected chi connectivity index (χ3v) is 6.74. The summed E-state index contributed by atoms with van der Waals surface area (Å²) in [5, 5.41) is 14.0. The van der Waals surface area contributed by atoms with Crippen molar-refractivity contribution in [2.75, 3.05) is 43.0 Å². The molecule has 2 aromatic rings. The summed E-state index contributed by atoms with van der Waals surface area (Å²) in [5.74, 6) is -0.0338. The highest BCUT2D eigenvalue weighted by Gasteiger charge is 2.38. The Hall–Kier alpha value is -3.34. The summed E-state index contributed by atoms with van der Waals surface area (Å²) in [6.07, 6.45) is -2.23. The van der Waals surface area contributed by atoms with Gasteiger partial charge in [0.1, 0.15) is 12.2 Å². The van der Waals surface area contributed by atoms with E-state index in [0.717, 1.165) is 30.9 Å². The lowest BCUT2D eigenvalue weighted by Gasteiger charge is -2.36. The van der Waals surface area contributed by atoms with Crippen molar-refractivity contribution < 1.29 is 27.6 Å². The van der Waals surface area contributed by atoms with Gasteiger partial charge in [0.2, 0.25) is 5.91 Å². The van der Waals surface area contributed by atoms with Gasteiger partial charge < -0.3 is 19.9 Å². The van der Waals surface area contributed by atoms with Crippen LogP contribution < -0.4 is 10.2 Å². The number of anilines is 2. The molecule has 0 radical (unpaired) electrons. The molecule has 0 unspecified atom stereocenters. The molecule has 0 bridgehead atoms. The molecule has 1 saturated heterocycles. The Kier molecular flexibility index (Phi) is 7.97. The van der Waals surface area contributed by atoms with Crippen molar-refractivity contribution in [1.82, 2.24) is 4.90 Å². The Morgan fingerprint density at radius 1 is 1.03 bits per heavy atom. The van der Waals surface area contributed by atoms with Crippen LogP contribution in [-0.2, 0) is 15.7 Å². The van der Waals surface area contributed by atoms with Gasteiger partial charge in [0.15, 0.2) is 0 Å². The fourth-order valence-corrected chi connectivity index (χ4v) is 4.75. The second kappa shape index (κ2) is 11.2. The number of para-hydroxylation sites is 1. The second-order valence-corrected chi connectivity index (χ2v) is 9.12. The molecule has 0 spiro atoms. The Labute approximate surface area is 207 Å². The molecule has 2 aromatic carbocycles. The smallest absolute Gasteiger partial charge is 0.382 e. The monoisotopic (exact) mass is 506 g/mol. The van der Waals surface area contributed by atoms with Crippen LogP contribution in [0.2, 0.25) is 0 Å². The molecular weight excluding hydrogens is 477 g/mol. The van der Waals surface area contributed by atoms with Crippen LogP contribution in [0.25, 0.3) is 0 Å². The average molecular weight is 507 g/mol. The Balaban J connectivity index is 1.20. The van der Waals surface area contributed by atoms with Gasteiger partial charge in [-0.05, 0) is 49.9 Å². The number of benzene rings is 2. The van der Waals surface area contributed by atoms with E-state index in [4.69, 9.17) is 4.74 Å². The van der Waals surface area contributed by atoms with Crippen LogP contribution in [-0.4, -0.2) is 60.7 Å². The second-order valence-electron chi connectivity index (χ2n) is 9.12. The summed E-state index contributed by atoms with van der Waals surface area (Å²) in [4.78, 5) is 26.6. The largest absolute Gasteiger partial charge is 0.423 e. The standard InChI is InChI=1S/C25H29F3N4O4/c26-25(27,28)22-16-19(8-11-23(22)32(34)35)29-18-6-9-21(10-7-18)36-17-24(33)31-14-12-30(13-15-31)20-4-2-1-3-5-20/h1-5,8,11,16,18,21,29H,6-7,9-10,12-15,17H2/t18-,21+. The number of nitro benzene ring substituents is 1. The van der Waals surface area contributed by atoms with E-state index in [2.05, 4.69) is 22.3 Å². The molecule has 1 N–H and O–H groups in total. The molecule has 2 aliphatic rings. The Morgan fingerprint density at radius 3 is 2.31 bits per heavy atom. The number of nitrogens with one attached hydrogen (secondary N) is 1. The first-order chi connectivity index (χ1) is 17.2. The number of nitro groups is 1. The summed E-state index contributed by atoms with van der Waals surface area (Å²) in [6, 6.07) is 13.0. The van der Waals surface area contributed by atoms with E-state index in [9.17, 15) is 28.1 Å². The minimum atomic E-state index is -4.81. The maximum Gasteiger partial charge on any atom is 0.423 e. The number of piperazine rings is 1. The van der Waals surface area contributed by atoms with E-state index in [1.165, 1.54) is 6.07 Å². The van der Waals surface area contributed by atoms with Crippen molar-refractivity contribution in [2.24, 2.45) is 0 Å². The van der Waals surface area contributed by atoms with Crippen LogP contribution in [0.5, 0.6) is 0 Å². The molecular formula is C25H29F3N4O4. The van der Waals surface area contributed by atoms with Crippen molar-refractivity contribution in [3.63, 3.8) is 0 Å². The van der Waals surface area contributed by atoms with E-state index in [1.54, 1.807) is 0 Å². The topological polar surface area (TPSA) is 87.9 Å². The highest BCUT2D eigenvalue weighted by Crippen LogP contribution is 2.38. The van der Waals surface area contributed by atoms with Crippen LogP contribution >= 0.6 is 0 Å². The number of amides is 1. The molecule has 8 nitrogen and oxygen atoms in total. The summed E-state index contributed by atoms with van der Waals surface area (Å²) >= 11 is 0. The summed E-state index contributed by atoms with van der Waals surface area (Å²) in [6.45, 7) is 2.84. The number of alkyl halides is 3. The highest BCUT2D eigenvalue weighted by molar-refractivity contribution is 5.77. The first kappa shape index (κ1) is 25.7. The third kappa shape index (κ3) is 6.45. The molecule has 0 atom stereocenters. The van der Waals surface area contributed by atoms with Crippen LogP contribution in [0.3, 0.4) is 0 Å². The predicted molar refractivity (Wildman–Crippen MR) is 129 cm³/mol. The molecule has 1 saturated carbocycles. The highest BCUT2D eigenvalue weighted by atomic mass is 19.4. The maximum atomic E-state index is 13.2. The van der Waals surface area contributed by atoms with Gasteiger partial charge in [-0.15, -0.1) is 0 Å². The molecule has 1 aliphatic heterocycles. The SMILES string of the molecule is O=C(CO[C@H]1CC[C@@H](Nc2ccc([N+](=O)[O-])c(C(F)(F)F)c2)CC1)N1CCN(c2ccccc2)CC1. The molecule has 1 heterocycles. The molecule has 0 aromatic heterocycles. The number of rotatable bonds is 7. The lowest BCUT2D eigenvalue weighted by atomic mass is 9.92. The number of nitrogens with zero attached hydrogens (tertiary/aromatic N) is 3. The fourth-order valence-electron chi connectivity index (χ4n) is 4.75. The third-order valence-electron chi connectivity index (χ3n) is 6.74. The molecule has 1 aliphatic carbocycles. The normalized spacial score (nSPS) is 20.8. The lowest BCUT2D eigenvalue weighted by Crippen LogP contribution is -2.50. The van der Waals surface area contributed by atoms with Crippen molar-refractivity contribution in [3.05, 3.63) is 64.2 Å². The molecule has 2 fully saturated rings. The van der Waals surface area contributed by atoms with E-state index >= 15 is 0 Å². The predicted octanol–water partition coefficient (Wildman–Crippen LogP) is 4.70. The van der Waals surface area contributed by atoms with E-state index in [-0.39, 0.29) is 30.3 Å². The molecule has 36 heavy (non-hydrogen) atoms. The van der Waals surface area contributed by atoms with Crippen molar-refractivity contribution in [1.29, 1.82) is 0 Å². The van der Waals surface area contributed by atoms with Gasteiger partial charge in [-0.1, -0.05) is 18.2 Å². The van der Waals surface area contributed by atoms with E-state index in [0.29, 0.717) is 38.8 Å². The summed E-state index contributed by atoms with van der Waals surface area (Å²) < 4.78 is 45.5. The summed E-state index contributed by atoms with van der Waals surface area (Å²) in [7, 11) is 0. The van der Waals surface area contributed by atoms with Crippen LogP contribution in [0, 0.1) is 10.1 Å². The van der Waals surface area contributed by atoms with Crippen molar-refractivity contribution >= 4 is 23.0 Å². The van der Waals surface area contributed by atoms with E-state index < -0.39 is 22.4 Å². The quantitative estimate of drug-likeness (QED) is 0.433. The summed E-state index contributed by atoms with van der Waals surface area (Å²) in [5.41, 5.74) is -0.884. The zero-order valence-corrected chi connectivity index (χ0v) is 19.7. The average Bonchev–Trinajstić information content (AvgIpc) is 2.88. The van der Waals surface area contributed by atoms with Gasteiger partial charge in [0.05, 0.1) is 11.0 Å². The Morgan fingerprint density at radius 2 is 1.69 bits per heavy atom. The number of carbonyl (C=O) groups is 1. The van der Waals surface area contributed by atoms with Gasteiger partial charge in [-0.2, -0.15) is 13.2 Å². The van der Waals surface area contributed by atoms with Crippen LogP contribution in [0.1, 0.15) is 31.2 Å². The Bertz CT molecular complexity index is 1050. The number of halogens is 3. The molecule has 194 valence electrons. The first-order valence-electron chi connectivity index (χ1n) is 12.0. The van der Waals surface area contributed by atoms with Gasteiger partial charge in [-0.25, -0.2) is 0 Å². The van der Waals surface area contributed by atoms with Gasteiger partial charge in [-0.3, -0.25) is 14.9 Å². The number of hydrogen-bond donors (Lipinski definition) is 1. The van der Waals surface area contributed by atoms with Gasteiger partial charge in [0, 0.05) is 49.7 Å². The van der Waals surface area contributed by atoms with Gasteiger partial charge in [0.25, 0.3) is 5.69 Å². The minimum Gasteiger partial charge on any atom is -0.382 e. The first-order valence-corrected chi connectivity index (χ1v) is 12.0. The maximum absolute atomic E-state index is 13.2. The number of hydrogen-bond acceptors (Lipinski definition) is 6. The van der Waals surface area contributed by atoms with Crippen LogP contribution in [0.4, 0.5) is 30.2 Å².